The first kappa shape index (κ1) is 15.8. The summed E-state index contributed by atoms with van der Waals surface area (Å²) in [4.78, 5) is 13.7. The molecule has 21 heavy (non-hydrogen) atoms. The number of hydrogen-bond acceptors (Lipinski definition) is 3. The highest BCUT2D eigenvalue weighted by molar-refractivity contribution is 7.89. The third-order valence-corrected chi connectivity index (χ3v) is 4.89. The number of nitrogens with zero attached hydrogens (tertiary/aromatic N) is 1. The lowest BCUT2D eigenvalue weighted by Crippen LogP contribution is -2.41. The van der Waals surface area contributed by atoms with Gasteiger partial charge in [-0.15, -0.1) is 0 Å². The van der Waals surface area contributed by atoms with Gasteiger partial charge in [0.25, 0.3) is 0 Å². The van der Waals surface area contributed by atoms with E-state index in [9.17, 15) is 13.2 Å². The average Bonchev–Trinajstić information content (AvgIpc) is 2.98. The molecule has 0 atom stereocenters. The zero-order chi connectivity index (χ0) is 15.3. The van der Waals surface area contributed by atoms with Crippen molar-refractivity contribution in [3.05, 3.63) is 29.8 Å². The van der Waals surface area contributed by atoms with Crippen molar-refractivity contribution >= 4 is 16.1 Å². The van der Waals surface area contributed by atoms with Crippen LogP contribution in [0, 0.1) is 6.92 Å². The van der Waals surface area contributed by atoms with Crippen LogP contribution in [0.4, 0.5) is 4.79 Å². The van der Waals surface area contributed by atoms with E-state index < -0.39 is 10.0 Å². The molecular weight excluding hydrogens is 290 g/mol. The zero-order valence-corrected chi connectivity index (χ0v) is 12.9. The molecule has 1 aliphatic rings. The molecule has 0 aromatic heterocycles. The third kappa shape index (κ3) is 4.44. The molecule has 0 radical (unpaired) electrons. The van der Waals surface area contributed by atoms with Gasteiger partial charge in [-0.2, -0.15) is 0 Å². The summed E-state index contributed by atoms with van der Waals surface area (Å²) in [5.41, 5.74) is 1.01. The predicted molar refractivity (Wildman–Crippen MR) is 80.6 cm³/mol. The molecule has 1 aromatic carbocycles. The molecule has 1 aliphatic heterocycles. The Morgan fingerprint density at radius 1 is 1.14 bits per heavy atom. The monoisotopic (exact) mass is 311 g/mol. The van der Waals surface area contributed by atoms with Crippen LogP contribution in [0.25, 0.3) is 0 Å². The molecule has 2 rings (SSSR count). The molecule has 0 saturated carbocycles. The maximum absolute atomic E-state index is 12.0. The van der Waals surface area contributed by atoms with E-state index in [0.29, 0.717) is 0 Å². The third-order valence-electron chi connectivity index (χ3n) is 3.42. The Hall–Kier alpha value is -1.60. The van der Waals surface area contributed by atoms with Crippen LogP contribution in [0.15, 0.2) is 29.2 Å². The van der Waals surface area contributed by atoms with Gasteiger partial charge in [0.1, 0.15) is 0 Å². The number of carbonyl (C=O) groups is 1. The van der Waals surface area contributed by atoms with Gasteiger partial charge in [0.15, 0.2) is 0 Å². The van der Waals surface area contributed by atoms with Crippen molar-refractivity contribution in [3.63, 3.8) is 0 Å². The second kappa shape index (κ2) is 6.91. The van der Waals surface area contributed by atoms with E-state index in [1.807, 2.05) is 6.92 Å². The van der Waals surface area contributed by atoms with Gasteiger partial charge in [0.2, 0.25) is 10.0 Å². The molecule has 2 N–H and O–H groups in total. The first-order valence-corrected chi connectivity index (χ1v) is 8.56. The molecule has 2 amide bonds. The van der Waals surface area contributed by atoms with E-state index in [1.54, 1.807) is 29.2 Å². The fourth-order valence-corrected chi connectivity index (χ4v) is 3.22. The maximum atomic E-state index is 12.0. The van der Waals surface area contributed by atoms with Crippen molar-refractivity contribution in [1.29, 1.82) is 0 Å². The van der Waals surface area contributed by atoms with Crippen LogP contribution in [0.5, 0.6) is 0 Å². The number of sulfonamides is 1. The number of aryl methyl sites for hydroxylation is 1. The average molecular weight is 311 g/mol. The highest BCUT2D eigenvalue weighted by Crippen LogP contribution is 2.09. The lowest BCUT2D eigenvalue weighted by atomic mass is 10.2. The Labute approximate surface area is 125 Å². The summed E-state index contributed by atoms with van der Waals surface area (Å²) in [6.45, 7) is 3.91. The molecule has 0 bridgehead atoms. The Kier molecular flexibility index (Phi) is 5.19. The number of amides is 2. The van der Waals surface area contributed by atoms with Gasteiger partial charge in [-0.25, -0.2) is 17.9 Å². The summed E-state index contributed by atoms with van der Waals surface area (Å²) in [5.74, 6) is 0. The van der Waals surface area contributed by atoms with E-state index in [4.69, 9.17) is 0 Å². The first-order chi connectivity index (χ1) is 9.99. The Morgan fingerprint density at radius 3 is 2.38 bits per heavy atom. The fourth-order valence-electron chi connectivity index (χ4n) is 2.19. The molecule has 1 aromatic rings. The Bertz CT molecular complexity index is 578. The van der Waals surface area contributed by atoms with E-state index in [-0.39, 0.29) is 24.0 Å². The molecule has 0 unspecified atom stereocenters. The van der Waals surface area contributed by atoms with Crippen molar-refractivity contribution in [3.8, 4) is 0 Å². The second-order valence-corrected chi connectivity index (χ2v) is 6.90. The van der Waals surface area contributed by atoms with Crippen LogP contribution in [0.3, 0.4) is 0 Å². The van der Waals surface area contributed by atoms with E-state index >= 15 is 0 Å². The minimum absolute atomic E-state index is 0.123. The van der Waals surface area contributed by atoms with Crippen LogP contribution in [-0.4, -0.2) is 45.5 Å². The van der Waals surface area contributed by atoms with Crippen molar-refractivity contribution in [2.75, 3.05) is 26.2 Å². The Balaban J connectivity index is 1.77. The molecule has 6 nitrogen and oxygen atoms in total. The molecule has 0 aliphatic carbocycles. The van der Waals surface area contributed by atoms with E-state index in [2.05, 4.69) is 10.0 Å². The highest BCUT2D eigenvalue weighted by Gasteiger charge is 2.17. The smallest absolute Gasteiger partial charge is 0.317 e. The number of carbonyl (C=O) groups excluding carboxylic acids is 1. The second-order valence-electron chi connectivity index (χ2n) is 5.14. The van der Waals surface area contributed by atoms with Crippen molar-refractivity contribution < 1.29 is 13.2 Å². The number of nitrogens with one attached hydrogen (secondary N) is 2. The SMILES string of the molecule is Cc1ccc(S(=O)(=O)NCCNC(=O)N2CCCC2)cc1. The first-order valence-electron chi connectivity index (χ1n) is 7.08. The number of hydrogen-bond donors (Lipinski definition) is 2. The predicted octanol–water partition coefficient (Wildman–Crippen LogP) is 1.08. The molecular formula is C14H21N3O3S. The van der Waals surface area contributed by atoms with Gasteiger partial charge in [-0.05, 0) is 31.9 Å². The molecule has 0 spiro atoms. The molecule has 1 heterocycles. The van der Waals surface area contributed by atoms with Gasteiger partial charge >= 0.3 is 6.03 Å². The van der Waals surface area contributed by atoms with Crippen molar-refractivity contribution in [2.24, 2.45) is 0 Å². The van der Waals surface area contributed by atoms with Crippen LogP contribution >= 0.6 is 0 Å². The van der Waals surface area contributed by atoms with E-state index in [0.717, 1.165) is 31.5 Å². The summed E-state index contributed by atoms with van der Waals surface area (Å²) >= 11 is 0. The van der Waals surface area contributed by atoms with Gasteiger partial charge in [0, 0.05) is 26.2 Å². The van der Waals surface area contributed by atoms with Crippen LogP contribution in [-0.2, 0) is 10.0 Å². The normalized spacial score (nSPS) is 15.2. The van der Waals surface area contributed by atoms with Gasteiger partial charge in [-0.3, -0.25) is 0 Å². The standard InChI is InChI=1S/C14H21N3O3S/c1-12-4-6-13(7-5-12)21(19,20)16-9-8-15-14(18)17-10-2-3-11-17/h4-7,16H,2-3,8-11H2,1H3,(H,15,18). The van der Waals surface area contributed by atoms with Crippen LogP contribution in [0.2, 0.25) is 0 Å². The topological polar surface area (TPSA) is 78.5 Å². The number of likely N-dealkylation sites (tertiary alicyclic amines) is 1. The van der Waals surface area contributed by atoms with Crippen LogP contribution in [0.1, 0.15) is 18.4 Å². The zero-order valence-electron chi connectivity index (χ0n) is 12.1. The fraction of sp³-hybridized carbons (Fsp3) is 0.500. The summed E-state index contributed by atoms with van der Waals surface area (Å²) < 4.78 is 26.5. The minimum atomic E-state index is -3.51. The lowest BCUT2D eigenvalue weighted by Gasteiger charge is -2.16. The summed E-state index contributed by atoms with van der Waals surface area (Å²) in [5, 5.41) is 2.72. The van der Waals surface area contributed by atoms with Crippen molar-refractivity contribution in [1.82, 2.24) is 14.9 Å². The van der Waals surface area contributed by atoms with Crippen molar-refractivity contribution in [2.45, 2.75) is 24.7 Å². The molecule has 1 fully saturated rings. The van der Waals surface area contributed by atoms with Gasteiger partial charge in [-0.1, -0.05) is 17.7 Å². The number of benzene rings is 1. The highest BCUT2D eigenvalue weighted by atomic mass is 32.2. The molecule has 116 valence electrons. The van der Waals surface area contributed by atoms with Gasteiger partial charge < -0.3 is 10.2 Å². The summed E-state index contributed by atoms with van der Waals surface area (Å²) in [6, 6.07) is 6.52. The number of urea groups is 1. The summed E-state index contributed by atoms with van der Waals surface area (Å²) in [6.07, 6.45) is 2.07. The maximum Gasteiger partial charge on any atom is 0.317 e. The molecule has 1 saturated heterocycles. The lowest BCUT2D eigenvalue weighted by molar-refractivity contribution is 0.209. The van der Waals surface area contributed by atoms with Crippen LogP contribution < -0.4 is 10.0 Å². The summed E-state index contributed by atoms with van der Waals surface area (Å²) in [7, 11) is -3.51. The largest absolute Gasteiger partial charge is 0.337 e. The molecule has 7 heteroatoms. The number of rotatable bonds is 5. The van der Waals surface area contributed by atoms with E-state index in [1.165, 1.54) is 0 Å². The quantitative estimate of drug-likeness (QED) is 0.799. The minimum Gasteiger partial charge on any atom is -0.337 e. The Morgan fingerprint density at radius 2 is 1.76 bits per heavy atom. The van der Waals surface area contributed by atoms with Gasteiger partial charge in [0.05, 0.1) is 4.90 Å².